The van der Waals surface area contributed by atoms with Crippen LogP contribution in [0.15, 0.2) is 0 Å². The maximum absolute atomic E-state index is 11.8. The molecule has 0 aliphatic carbocycles. The number of amides is 1. The summed E-state index contributed by atoms with van der Waals surface area (Å²) in [5.74, 6) is -1.17. The predicted octanol–water partition coefficient (Wildman–Crippen LogP) is 1.04. The summed E-state index contributed by atoms with van der Waals surface area (Å²) in [4.78, 5) is 10.6. The van der Waals surface area contributed by atoms with Gasteiger partial charge in [-0.1, -0.05) is 13.8 Å². The Labute approximate surface area is 76.4 Å². The van der Waals surface area contributed by atoms with Crippen molar-refractivity contribution in [1.29, 1.82) is 0 Å². The molecule has 13 heavy (non-hydrogen) atoms. The molecule has 0 spiro atoms. The van der Waals surface area contributed by atoms with E-state index < -0.39 is 12.3 Å². The molecule has 0 bridgehead atoms. The molecule has 5 heteroatoms. The Hall–Kier alpha value is -0.710. The molecule has 0 aliphatic rings. The average Bonchev–Trinajstić information content (AvgIpc) is 2.03. The summed E-state index contributed by atoms with van der Waals surface area (Å²) < 4.78 is 28.5. The lowest BCUT2D eigenvalue weighted by atomic mass is 10.1. The second kappa shape index (κ2) is 5.85. The van der Waals surface area contributed by atoms with Crippen molar-refractivity contribution in [3.63, 3.8) is 0 Å². The number of hydrogen-bond donors (Lipinski definition) is 1. The van der Waals surface area contributed by atoms with E-state index in [0.717, 1.165) is 0 Å². The number of halogens is 2. The number of carbonyl (C=O) groups excluding carboxylic acids is 1. The SMILES string of the molecule is COCC(NC(=O)C(F)F)C(C)C. The van der Waals surface area contributed by atoms with Crippen LogP contribution in [0.4, 0.5) is 8.78 Å². The highest BCUT2D eigenvalue weighted by atomic mass is 19.3. The smallest absolute Gasteiger partial charge is 0.315 e. The fourth-order valence-corrected chi connectivity index (χ4v) is 0.826. The lowest BCUT2D eigenvalue weighted by Gasteiger charge is -2.21. The normalized spacial score (nSPS) is 13.5. The third-order valence-corrected chi connectivity index (χ3v) is 1.68. The van der Waals surface area contributed by atoms with E-state index in [1.807, 2.05) is 13.8 Å². The summed E-state index contributed by atoms with van der Waals surface area (Å²) in [5.41, 5.74) is 0. The van der Waals surface area contributed by atoms with E-state index in [-0.39, 0.29) is 18.6 Å². The highest BCUT2D eigenvalue weighted by Gasteiger charge is 2.21. The molecule has 78 valence electrons. The van der Waals surface area contributed by atoms with Gasteiger partial charge >= 0.3 is 6.43 Å². The molecule has 1 unspecified atom stereocenters. The summed E-state index contributed by atoms with van der Waals surface area (Å²) in [5, 5.41) is 2.20. The molecule has 0 aromatic carbocycles. The summed E-state index contributed by atoms with van der Waals surface area (Å²) in [6.07, 6.45) is -2.96. The Morgan fingerprint density at radius 1 is 1.46 bits per heavy atom. The van der Waals surface area contributed by atoms with Gasteiger partial charge in [-0.15, -0.1) is 0 Å². The molecule has 0 radical (unpaired) electrons. The van der Waals surface area contributed by atoms with Gasteiger partial charge in [0.2, 0.25) is 0 Å². The second-order valence-electron chi connectivity index (χ2n) is 3.12. The fraction of sp³-hybridized carbons (Fsp3) is 0.875. The molecule has 0 aliphatic heterocycles. The molecule has 0 aromatic heterocycles. The van der Waals surface area contributed by atoms with Gasteiger partial charge < -0.3 is 10.1 Å². The zero-order chi connectivity index (χ0) is 10.4. The molecule has 0 rings (SSSR count). The van der Waals surface area contributed by atoms with E-state index in [1.54, 1.807) is 0 Å². The minimum atomic E-state index is -2.96. The second-order valence-corrected chi connectivity index (χ2v) is 3.12. The summed E-state index contributed by atoms with van der Waals surface area (Å²) in [7, 11) is 1.46. The molecule has 0 aromatic rings. The van der Waals surface area contributed by atoms with Crippen LogP contribution < -0.4 is 5.32 Å². The Morgan fingerprint density at radius 2 is 2.00 bits per heavy atom. The Balaban J connectivity index is 4.02. The monoisotopic (exact) mass is 195 g/mol. The first-order valence-electron chi connectivity index (χ1n) is 4.06. The molecular formula is C8H15F2NO2. The summed E-state index contributed by atoms with van der Waals surface area (Å²) >= 11 is 0. The van der Waals surface area contributed by atoms with E-state index in [2.05, 4.69) is 5.32 Å². The molecular weight excluding hydrogens is 180 g/mol. The number of hydrogen-bond acceptors (Lipinski definition) is 2. The maximum Gasteiger partial charge on any atom is 0.315 e. The number of carbonyl (C=O) groups is 1. The van der Waals surface area contributed by atoms with Crippen molar-refractivity contribution in [2.45, 2.75) is 26.3 Å². The van der Waals surface area contributed by atoms with Crippen LogP contribution in [-0.4, -0.2) is 32.1 Å². The number of methoxy groups -OCH3 is 1. The van der Waals surface area contributed by atoms with Crippen molar-refractivity contribution in [2.24, 2.45) is 5.92 Å². The van der Waals surface area contributed by atoms with Crippen LogP contribution in [0.25, 0.3) is 0 Å². The van der Waals surface area contributed by atoms with E-state index in [9.17, 15) is 13.6 Å². The van der Waals surface area contributed by atoms with Gasteiger partial charge in [0.25, 0.3) is 5.91 Å². The first-order chi connectivity index (χ1) is 5.99. The van der Waals surface area contributed by atoms with Gasteiger partial charge in [0.1, 0.15) is 0 Å². The topological polar surface area (TPSA) is 38.3 Å². The van der Waals surface area contributed by atoms with Crippen LogP contribution >= 0.6 is 0 Å². The van der Waals surface area contributed by atoms with Gasteiger partial charge in [0, 0.05) is 7.11 Å². The molecule has 1 amide bonds. The van der Waals surface area contributed by atoms with Crippen molar-refractivity contribution >= 4 is 5.91 Å². The molecule has 0 heterocycles. The molecule has 3 nitrogen and oxygen atoms in total. The lowest BCUT2D eigenvalue weighted by Crippen LogP contribution is -2.44. The Bertz CT molecular complexity index is 162. The zero-order valence-corrected chi connectivity index (χ0v) is 8.01. The molecule has 1 N–H and O–H groups in total. The fourth-order valence-electron chi connectivity index (χ4n) is 0.826. The van der Waals surface area contributed by atoms with Crippen LogP contribution in [-0.2, 0) is 9.53 Å². The van der Waals surface area contributed by atoms with Crippen molar-refractivity contribution in [3.05, 3.63) is 0 Å². The van der Waals surface area contributed by atoms with E-state index in [1.165, 1.54) is 7.11 Å². The minimum Gasteiger partial charge on any atom is -0.383 e. The third-order valence-electron chi connectivity index (χ3n) is 1.68. The van der Waals surface area contributed by atoms with Gasteiger partial charge in [-0.3, -0.25) is 4.79 Å². The summed E-state index contributed by atoms with van der Waals surface area (Å²) in [6, 6.07) is -0.355. The first kappa shape index (κ1) is 12.3. The predicted molar refractivity (Wildman–Crippen MR) is 44.6 cm³/mol. The molecule has 0 fully saturated rings. The minimum absolute atomic E-state index is 0.0719. The Morgan fingerprint density at radius 3 is 2.31 bits per heavy atom. The van der Waals surface area contributed by atoms with Crippen molar-refractivity contribution in [3.8, 4) is 0 Å². The maximum atomic E-state index is 11.8. The lowest BCUT2D eigenvalue weighted by molar-refractivity contribution is -0.133. The number of rotatable bonds is 5. The van der Waals surface area contributed by atoms with Gasteiger partial charge in [0.05, 0.1) is 12.6 Å². The standard InChI is InChI=1S/C8H15F2NO2/c1-5(2)6(4-13-3)11-8(12)7(9)10/h5-7H,4H2,1-3H3,(H,11,12). The Kier molecular flexibility index (Phi) is 5.53. The van der Waals surface area contributed by atoms with Crippen molar-refractivity contribution in [2.75, 3.05) is 13.7 Å². The molecule has 1 atom stereocenters. The van der Waals surface area contributed by atoms with Gasteiger partial charge in [-0.25, -0.2) is 0 Å². The van der Waals surface area contributed by atoms with Gasteiger partial charge in [0.15, 0.2) is 0 Å². The van der Waals surface area contributed by atoms with E-state index >= 15 is 0 Å². The highest BCUT2D eigenvalue weighted by molar-refractivity contribution is 5.79. The molecule has 0 saturated carbocycles. The largest absolute Gasteiger partial charge is 0.383 e. The number of nitrogens with one attached hydrogen (secondary N) is 1. The van der Waals surface area contributed by atoms with Crippen LogP contribution in [0, 0.1) is 5.92 Å². The van der Waals surface area contributed by atoms with Crippen LogP contribution in [0.1, 0.15) is 13.8 Å². The quantitative estimate of drug-likeness (QED) is 0.711. The highest BCUT2D eigenvalue weighted by Crippen LogP contribution is 2.03. The van der Waals surface area contributed by atoms with Crippen molar-refractivity contribution in [1.82, 2.24) is 5.32 Å². The first-order valence-corrected chi connectivity index (χ1v) is 4.06. The third kappa shape index (κ3) is 4.77. The molecule has 0 saturated heterocycles. The average molecular weight is 195 g/mol. The number of alkyl halides is 2. The number of ether oxygens (including phenoxy) is 1. The van der Waals surface area contributed by atoms with Crippen molar-refractivity contribution < 1.29 is 18.3 Å². The summed E-state index contributed by atoms with van der Waals surface area (Å²) in [6.45, 7) is 3.90. The zero-order valence-electron chi connectivity index (χ0n) is 8.01. The van der Waals surface area contributed by atoms with Crippen LogP contribution in [0.2, 0.25) is 0 Å². The van der Waals surface area contributed by atoms with Crippen LogP contribution in [0.3, 0.4) is 0 Å². The van der Waals surface area contributed by atoms with Gasteiger partial charge in [-0.2, -0.15) is 8.78 Å². The van der Waals surface area contributed by atoms with Crippen LogP contribution in [0.5, 0.6) is 0 Å². The van der Waals surface area contributed by atoms with Gasteiger partial charge in [-0.05, 0) is 5.92 Å². The van der Waals surface area contributed by atoms with E-state index in [0.29, 0.717) is 0 Å². The van der Waals surface area contributed by atoms with E-state index in [4.69, 9.17) is 4.74 Å².